The Kier molecular flexibility index (Phi) is 2.00. The number of halogens is 1. The Morgan fingerprint density at radius 2 is 2.07 bits per heavy atom. The fourth-order valence-corrected chi connectivity index (χ4v) is 1.60. The molecule has 0 aromatic heterocycles. The first-order valence-corrected chi connectivity index (χ1v) is 4.70. The first-order valence-electron chi connectivity index (χ1n) is 4.70. The molecule has 0 spiro atoms. The second-order valence-electron chi connectivity index (χ2n) is 3.97. The lowest BCUT2D eigenvalue weighted by molar-refractivity contribution is 0.384. The Labute approximate surface area is 82.9 Å². The minimum absolute atomic E-state index is 0.230. The van der Waals surface area contributed by atoms with Crippen molar-refractivity contribution in [3.63, 3.8) is 0 Å². The van der Waals surface area contributed by atoms with Crippen LogP contribution < -0.4 is 10.5 Å². The van der Waals surface area contributed by atoms with E-state index in [0.29, 0.717) is 5.56 Å². The molecule has 1 fully saturated rings. The smallest absolute Gasteiger partial charge is 0.167 e. The molecule has 0 saturated heterocycles. The topological polar surface area (TPSA) is 35.2 Å². The van der Waals surface area contributed by atoms with E-state index < -0.39 is 0 Å². The summed E-state index contributed by atoms with van der Waals surface area (Å²) >= 11 is 0. The van der Waals surface area contributed by atoms with Crippen LogP contribution in [0, 0.1) is 12.7 Å². The average Bonchev–Trinajstić information content (AvgIpc) is 2.89. The average molecular weight is 195 g/mol. The van der Waals surface area contributed by atoms with Crippen LogP contribution in [0.2, 0.25) is 0 Å². The molecule has 1 aliphatic carbocycles. The predicted molar refractivity (Wildman–Crippen MR) is 52.8 cm³/mol. The molecule has 0 radical (unpaired) electrons. The molecule has 0 heterocycles. The van der Waals surface area contributed by atoms with Gasteiger partial charge in [0.1, 0.15) is 0 Å². The summed E-state index contributed by atoms with van der Waals surface area (Å²) in [5.74, 6) is -0.00257. The largest absolute Gasteiger partial charge is 0.494 e. The van der Waals surface area contributed by atoms with E-state index in [0.717, 1.165) is 18.4 Å². The number of hydrogen-bond acceptors (Lipinski definition) is 2. The lowest BCUT2D eigenvalue weighted by Gasteiger charge is -2.13. The SMILES string of the molecule is COc1cc(C2(N)CC2)cc(C)c1F. The van der Waals surface area contributed by atoms with Crippen LogP contribution in [0.5, 0.6) is 5.75 Å². The van der Waals surface area contributed by atoms with E-state index in [1.807, 2.05) is 6.07 Å². The van der Waals surface area contributed by atoms with Crippen LogP contribution in [0.25, 0.3) is 0 Å². The van der Waals surface area contributed by atoms with Crippen LogP contribution in [0.3, 0.4) is 0 Å². The second kappa shape index (κ2) is 2.95. The van der Waals surface area contributed by atoms with Gasteiger partial charge in [-0.2, -0.15) is 0 Å². The molecule has 1 saturated carbocycles. The van der Waals surface area contributed by atoms with Gasteiger partial charge in [-0.15, -0.1) is 0 Å². The van der Waals surface area contributed by atoms with Crippen LogP contribution in [0.15, 0.2) is 12.1 Å². The number of ether oxygens (including phenoxy) is 1. The zero-order chi connectivity index (χ0) is 10.3. The molecule has 1 aromatic carbocycles. The monoisotopic (exact) mass is 195 g/mol. The molecule has 2 N–H and O–H groups in total. The second-order valence-corrected chi connectivity index (χ2v) is 3.97. The Hall–Kier alpha value is -1.09. The van der Waals surface area contributed by atoms with E-state index in [9.17, 15) is 4.39 Å². The van der Waals surface area contributed by atoms with Gasteiger partial charge in [-0.25, -0.2) is 4.39 Å². The molecule has 2 nitrogen and oxygen atoms in total. The fourth-order valence-electron chi connectivity index (χ4n) is 1.60. The van der Waals surface area contributed by atoms with Crippen molar-refractivity contribution >= 4 is 0 Å². The highest BCUT2D eigenvalue weighted by Gasteiger charge is 2.40. The van der Waals surface area contributed by atoms with E-state index in [1.54, 1.807) is 13.0 Å². The van der Waals surface area contributed by atoms with E-state index >= 15 is 0 Å². The Morgan fingerprint density at radius 3 is 2.57 bits per heavy atom. The van der Waals surface area contributed by atoms with Crippen LogP contribution in [-0.2, 0) is 5.54 Å². The van der Waals surface area contributed by atoms with Crippen molar-refractivity contribution in [3.8, 4) is 5.75 Å². The molecule has 14 heavy (non-hydrogen) atoms. The fraction of sp³-hybridized carbons (Fsp3) is 0.455. The number of rotatable bonds is 2. The lowest BCUT2D eigenvalue weighted by atomic mass is 10.0. The summed E-state index contributed by atoms with van der Waals surface area (Å²) in [6.07, 6.45) is 1.95. The first kappa shape index (κ1) is 9.46. The Bertz CT molecular complexity index is 372. The van der Waals surface area contributed by atoms with Gasteiger partial charge in [0.2, 0.25) is 0 Å². The number of hydrogen-bond donors (Lipinski definition) is 1. The number of aryl methyl sites for hydroxylation is 1. The van der Waals surface area contributed by atoms with Gasteiger partial charge < -0.3 is 10.5 Å². The highest BCUT2D eigenvalue weighted by Crippen LogP contribution is 2.44. The highest BCUT2D eigenvalue weighted by molar-refractivity contribution is 5.41. The van der Waals surface area contributed by atoms with Crippen molar-refractivity contribution in [1.29, 1.82) is 0 Å². The maximum atomic E-state index is 13.4. The molecule has 3 heteroatoms. The lowest BCUT2D eigenvalue weighted by Crippen LogP contribution is -2.19. The highest BCUT2D eigenvalue weighted by atomic mass is 19.1. The van der Waals surface area contributed by atoms with Gasteiger partial charge in [-0.05, 0) is 37.0 Å². The quantitative estimate of drug-likeness (QED) is 0.784. The van der Waals surface area contributed by atoms with E-state index in [1.165, 1.54) is 7.11 Å². The molecule has 2 rings (SSSR count). The molecular formula is C11H14FNO. The molecule has 0 amide bonds. The van der Waals surface area contributed by atoms with Gasteiger partial charge in [0.25, 0.3) is 0 Å². The minimum Gasteiger partial charge on any atom is -0.494 e. The molecule has 0 aliphatic heterocycles. The standard InChI is InChI=1S/C11H14FNO/c1-7-5-8(11(13)3-4-11)6-9(14-2)10(7)12/h5-6H,3-4,13H2,1-2H3. The van der Waals surface area contributed by atoms with E-state index in [-0.39, 0.29) is 17.1 Å². The van der Waals surface area contributed by atoms with Crippen molar-refractivity contribution in [1.82, 2.24) is 0 Å². The summed E-state index contributed by atoms with van der Waals surface area (Å²) in [7, 11) is 1.47. The summed E-state index contributed by atoms with van der Waals surface area (Å²) in [6.45, 7) is 1.73. The van der Waals surface area contributed by atoms with Crippen molar-refractivity contribution in [2.75, 3.05) is 7.11 Å². The molecule has 1 aliphatic rings. The van der Waals surface area contributed by atoms with Gasteiger partial charge in [0.05, 0.1) is 7.11 Å². The Balaban J connectivity index is 2.48. The third kappa shape index (κ3) is 1.38. The Morgan fingerprint density at radius 1 is 1.43 bits per heavy atom. The maximum Gasteiger partial charge on any atom is 0.167 e. The van der Waals surface area contributed by atoms with Crippen molar-refractivity contribution in [3.05, 3.63) is 29.1 Å². The van der Waals surface area contributed by atoms with Crippen molar-refractivity contribution in [2.24, 2.45) is 5.73 Å². The maximum absolute atomic E-state index is 13.4. The zero-order valence-electron chi connectivity index (χ0n) is 8.43. The molecule has 76 valence electrons. The minimum atomic E-state index is -0.291. The van der Waals surface area contributed by atoms with E-state index in [4.69, 9.17) is 10.5 Å². The summed E-state index contributed by atoms with van der Waals surface area (Å²) < 4.78 is 18.4. The molecule has 0 bridgehead atoms. The van der Waals surface area contributed by atoms with Crippen LogP contribution >= 0.6 is 0 Å². The number of benzene rings is 1. The normalized spacial score (nSPS) is 18.0. The predicted octanol–water partition coefficient (Wildman–Crippen LogP) is 2.09. The van der Waals surface area contributed by atoms with Gasteiger partial charge in [-0.3, -0.25) is 0 Å². The number of nitrogens with two attached hydrogens (primary N) is 1. The van der Waals surface area contributed by atoms with Crippen molar-refractivity contribution < 1.29 is 9.13 Å². The molecule has 1 aromatic rings. The van der Waals surface area contributed by atoms with Crippen molar-refractivity contribution in [2.45, 2.75) is 25.3 Å². The van der Waals surface area contributed by atoms with Crippen LogP contribution in [0.1, 0.15) is 24.0 Å². The van der Waals surface area contributed by atoms with Crippen LogP contribution in [-0.4, -0.2) is 7.11 Å². The van der Waals surface area contributed by atoms with Crippen LogP contribution in [0.4, 0.5) is 4.39 Å². The third-order valence-electron chi connectivity index (χ3n) is 2.80. The summed E-state index contributed by atoms with van der Waals surface area (Å²) in [5.41, 5.74) is 7.38. The third-order valence-corrected chi connectivity index (χ3v) is 2.80. The molecule has 0 unspecified atom stereocenters. The summed E-state index contributed by atoms with van der Waals surface area (Å²) in [6, 6.07) is 3.51. The first-order chi connectivity index (χ1) is 6.57. The molecule has 0 atom stereocenters. The van der Waals surface area contributed by atoms with Gasteiger partial charge in [-0.1, -0.05) is 6.07 Å². The van der Waals surface area contributed by atoms with Gasteiger partial charge in [0, 0.05) is 5.54 Å². The number of methoxy groups -OCH3 is 1. The molecular weight excluding hydrogens is 181 g/mol. The van der Waals surface area contributed by atoms with Gasteiger partial charge in [0.15, 0.2) is 11.6 Å². The van der Waals surface area contributed by atoms with E-state index in [2.05, 4.69) is 0 Å². The summed E-state index contributed by atoms with van der Waals surface area (Å²) in [4.78, 5) is 0. The summed E-state index contributed by atoms with van der Waals surface area (Å²) in [5, 5.41) is 0. The van der Waals surface area contributed by atoms with Gasteiger partial charge >= 0.3 is 0 Å². The zero-order valence-corrected chi connectivity index (χ0v) is 8.43.